The summed E-state index contributed by atoms with van der Waals surface area (Å²) in [5, 5.41) is 12.3. The quantitative estimate of drug-likeness (QED) is 0.407. The number of nitrogens with zero attached hydrogens (tertiary/aromatic N) is 3. The Kier molecular flexibility index (Phi) is 3.52. The molecule has 0 aliphatic rings. The zero-order chi connectivity index (χ0) is 10.4. The molecular weight excluding hydrogens is 198 g/mol. The first kappa shape index (κ1) is 10.1. The van der Waals surface area contributed by atoms with Gasteiger partial charge in [0.05, 0.1) is 17.5 Å². The van der Waals surface area contributed by atoms with Crippen LogP contribution in [0.15, 0.2) is 23.4 Å². The number of nitrogens with one attached hydrogen (secondary N) is 1. The monoisotopic (exact) mass is 205 g/mol. The predicted octanol–water partition coefficient (Wildman–Crippen LogP) is 0.120. The average molecular weight is 205 g/mol. The normalized spacial score (nSPS) is 9.64. The largest absolute Gasteiger partial charge is 0.375 e. The topological polar surface area (TPSA) is 87.1 Å². The number of nitriles is 1. The lowest BCUT2D eigenvalue weighted by molar-refractivity contribution is 1.04. The van der Waals surface area contributed by atoms with Gasteiger partial charge in [-0.1, -0.05) is 0 Å². The number of thiocarbonyl (C=S) groups is 1. The van der Waals surface area contributed by atoms with E-state index in [-0.39, 0.29) is 5.11 Å². The highest BCUT2D eigenvalue weighted by atomic mass is 32.1. The zero-order valence-electron chi connectivity index (χ0n) is 7.14. The number of aromatic nitrogens is 1. The number of nitrogens with two attached hydrogens (primary N) is 1. The number of hydrogen-bond donors (Lipinski definition) is 2. The van der Waals surface area contributed by atoms with Crippen molar-refractivity contribution >= 4 is 23.5 Å². The molecule has 70 valence electrons. The Hall–Kier alpha value is -2.00. The van der Waals surface area contributed by atoms with Crippen LogP contribution in [0.4, 0.5) is 0 Å². The smallest absolute Gasteiger partial charge is 0.184 e. The Balaban J connectivity index is 2.65. The molecule has 0 fully saturated rings. The third-order valence-corrected chi connectivity index (χ3v) is 1.38. The average Bonchev–Trinajstić information content (AvgIpc) is 2.18. The second-order valence-electron chi connectivity index (χ2n) is 2.32. The summed E-state index contributed by atoms with van der Waals surface area (Å²) in [5.74, 6) is 0. The van der Waals surface area contributed by atoms with Gasteiger partial charge in [-0.15, -0.1) is 0 Å². The maximum atomic E-state index is 8.51. The van der Waals surface area contributed by atoms with E-state index in [2.05, 4.69) is 27.7 Å². The summed E-state index contributed by atoms with van der Waals surface area (Å²) >= 11 is 4.54. The van der Waals surface area contributed by atoms with E-state index < -0.39 is 0 Å². The van der Waals surface area contributed by atoms with Crippen LogP contribution in [-0.2, 0) is 0 Å². The van der Waals surface area contributed by atoms with Crippen LogP contribution in [-0.4, -0.2) is 16.3 Å². The molecule has 0 aromatic carbocycles. The van der Waals surface area contributed by atoms with E-state index in [1.54, 1.807) is 12.1 Å². The molecule has 1 rings (SSSR count). The molecule has 1 aromatic heterocycles. The van der Waals surface area contributed by atoms with Crippen molar-refractivity contribution in [3.05, 3.63) is 29.6 Å². The second kappa shape index (κ2) is 4.89. The Labute approximate surface area is 86.3 Å². The van der Waals surface area contributed by atoms with Gasteiger partial charge in [-0.2, -0.15) is 10.4 Å². The first-order valence-corrected chi connectivity index (χ1v) is 4.08. The van der Waals surface area contributed by atoms with E-state index in [1.807, 2.05) is 6.07 Å². The molecule has 0 bridgehead atoms. The van der Waals surface area contributed by atoms with Crippen LogP contribution in [0.2, 0.25) is 0 Å². The highest BCUT2D eigenvalue weighted by Crippen LogP contribution is 1.95. The van der Waals surface area contributed by atoms with Crippen LogP contribution >= 0.6 is 12.2 Å². The Morgan fingerprint density at radius 2 is 2.50 bits per heavy atom. The summed E-state index contributed by atoms with van der Waals surface area (Å²) in [4.78, 5) is 3.95. The maximum Gasteiger partial charge on any atom is 0.184 e. The number of rotatable bonds is 2. The van der Waals surface area contributed by atoms with Crippen molar-refractivity contribution < 1.29 is 0 Å². The SMILES string of the molecule is N#Cc1ccc(/C=N/NC(N)=S)nc1. The van der Waals surface area contributed by atoms with Gasteiger partial charge < -0.3 is 5.73 Å². The summed E-state index contributed by atoms with van der Waals surface area (Å²) in [6, 6.07) is 5.28. The zero-order valence-corrected chi connectivity index (χ0v) is 7.95. The molecule has 0 unspecified atom stereocenters. The van der Waals surface area contributed by atoms with Gasteiger partial charge in [0.2, 0.25) is 0 Å². The van der Waals surface area contributed by atoms with Gasteiger partial charge in [0, 0.05) is 6.20 Å². The second-order valence-corrected chi connectivity index (χ2v) is 2.76. The molecule has 1 heterocycles. The molecule has 0 saturated heterocycles. The Morgan fingerprint density at radius 1 is 1.71 bits per heavy atom. The molecule has 14 heavy (non-hydrogen) atoms. The first-order valence-electron chi connectivity index (χ1n) is 3.67. The van der Waals surface area contributed by atoms with E-state index >= 15 is 0 Å². The van der Waals surface area contributed by atoms with Crippen molar-refractivity contribution in [2.45, 2.75) is 0 Å². The molecule has 0 aliphatic heterocycles. The lowest BCUT2D eigenvalue weighted by atomic mass is 10.3. The highest BCUT2D eigenvalue weighted by molar-refractivity contribution is 7.80. The van der Waals surface area contributed by atoms with Crippen LogP contribution in [0.5, 0.6) is 0 Å². The third kappa shape index (κ3) is 3.16. The van der Waals surface area contributed by atoms with Gasteiger partial charge in [-0.3, -0.25) is 10.4 Å². The Bertz CT molecular complexity index is 389. The van der Waals surface area contributed by atoms with Gasteiger partial charge in [0.1, 0.15) is 6.07 Å². The molecule has 0 radical (unpaired) electrons. The minimum absolute atomic E-state index is 0.0925. The van der Waals surface area contributed by atoms with Crippen LogP contribution < -0.4 is 11.2 Å². The van der Waals surface area contributed by atoms with E-state index in [9.17, 15) is 0 Å². The lowest BCUT2D eigenvalue weighted by Crippen LogP contribution is -2.24. The van der Waals surface area contributed by atoms with E-state index in [0.29, 0.717) is 11.3 Å². The fourth-order valence-electron chi connectivity index (χ4n) is 0.710. The van der Waals surface area contributed by atoms with Crippen molar-refractivity contribution in [1.82, 2.24) is 10.4 Å². The van der Waals surface area contributed by atoms with Crippen LogP contribution in [0, 0.1) is 11.3 Å². The standard InChI is InChI=1S/C8H7N5S/c9-3-6-1-2-7(11-4-6)5-12-13-8(10)14/h1-2,4-5H,(H3,10,13,14)/b12-5+. The van der Waals surface area contributed by atoms with Crippen LogP contribution in [0.1, 0.15) is 11.3 Å². The fraction of sp³-hybridized carbons (Fsp3) is 0. The molecule has 3 N–H and O–H groups in total. The van der Waals surface area contributed by atoms with Crippen molar-refractivity contribution in [1.29, 1.82) is 5.26 Å². The summed E-state index contributed by atoms with van der Waals surface area (Å²) < 4.78 is 0. The molecule has 0 aliphatic carbocycles. The molecule has 5 nitrogen and oxygen atoms in total. The minimum Gasteiger partial charge on any atom is -0.375 e. The molecule has 0 amide bonds. The molecule has 0 spiro atoms. The molecule has 0 saturated carbocycles. The highest BCUT2D eigenvalue weighted by Gasteiger charge is 1.91. The minimum atomic E-state index is 0.0925. The maximum absolute atomic E-state index is 8.51. The number of hydrazone groups is 1. The number of pyridine rings is 1. The summed E-state index contributed by atoms with van der Waals surface area (Å²) in [5.41, 5.74) is 8.66. The van der Waals surface area contributed by atoms with Crippen molar-refractivity contribution in [3.63, 3.8) is 0 Å². The molecular formula is C8H7N5S. The summed E-state index contributed by atoms with van der Waals surface area (Å²) in [6.45, 7) is 0. The predicted molar refractivity (Wildman–Crippen MR) is 56.5 cm³/mol. The number of hydrogen-bond acceptors (Lipinski definition) is 4. The molecule has 6 heteroatoms. The van der Waals surface area contributed by atoms with E-state index in [4.69, 9.17) is 11.0 Å². The Morgan fingerprint density at radius 3 is 3.00 bits per heavy atom. The van der Waals surface area contributed by atoms with Crippen LogP contribution in [0.3, 0.4) is 0 Å². The van der Waals surface area contributed by atoms with Gasteiger partial charge in [0.15, 0.2) is 5.11 Å². The van der Waals surface area contributed by atoms with Crippen molar-refractivity contribution in [2.75, 3.05) is 0 Å². The van der Waals surface area contributed by atoms with Gasteiger partial charge in [-0.25, -0.2) is 0 Å². The molecule has 1 aromatic rings. The third-order valence-electron chi connectivity index (χ3n) is 1.29. The van der Waals surface area contributed by atoms with Gasteiger partial charge >= 0.3 is 0 Å². The van der Waals surface area contributed by atoms with Crippen molar-refractivity contribution in [2.24, 2.45) is 10.8 Å². The van der Waals surface area contributed by atoms with Crippen molar-refractivity contribution in [3.8, 4) is 6.07 Å². The van der Waals surface area contributed by atoms with Crippen LogP contribution in [0.25, 0.3) is 0 Å². The van der Waals surface area contributed by atoms with Gasteiger partial charge in [-0.05, 0) is 24.4 Å². The first-order chi connectivity index (χ1) is 6.72. The van der Waals surface area contributed by atoms with Gasteiger partial charge in [0.25, 0.3) is 0 Å². The van der Waals surface area contributed by atoms with E-state index in [0.717, 1.165) is 0 Å². The molecule has 0 atom stereocenters. The fourth-order valence-corrected chi connectivity index (χ4v) is 0.763. The van der Waals surface area contributed by atoms with E-state index in [1.165, 1.54) is 12.4 Å². The lowest BCUT2D eigenvalue weighted by Gasteiger charge is -1.94. The summed E-state index contributed by atoms with van der Waals surface area (Å²) in [6.07, 6.45) is 2.92. The summed E-state index contributed by atoms with van der Waals surface area (Å²) in [7, 11) is 0.